The molecule has 0 saturated carbocycles. The number of sulfone groups is 1. The molecule has 0 unspecified atom stereocenters. The Morgan fingerprint density at radius 1 is 1.36 bits per heavy atom. The van der Waals surface area contributed by atoms with Crippen LogP contribution in [0.25, 0.3) is 0 Å². The minimum atomic E-state index is -2.95. The Bertz CT molecular complexity index is 705. The number of fused-ring (bicyclic) bond motifs is 1. The highest BCUT2D eigenvalue weighted by atomic mass is 32.2. The summed E-state index contributed by atoms with van der Waals surface area (Å²) in [6, 6.07) is 5.70. The lowest BCUT2D eigenvalue weighted by Crippen LogP contribution is -2.50. The highest BCUT2D eigenvalue weighted by Crippen LogP contribution is 2.32. The number of nitrogens with one attached hydrogen (secondary N) is 2. The lowest BCUT2D eigenvalue weighted by molar-refractivity contribution is 0.174. The van der Waals surface area contributed by atoms with E-state index >= 15 is 0 Å². The SMILES string of the molecule is C[C@@]1(NC(=S)NCc2ccc3c(c2)OCO3)CCS(=O)(=O)C1. The zero-order valence-electron chi connectivity index (χ0n) is 12.2. The van der Waals surface area contributed by atoms with Crippen LogP contribution in [0.1, 0.15) is 18.9 Å². The zero-order valence-corrected chi connectivity index (χ0v) is 13.9. The van der Waals surface area contributed by atoms with Crippen molar-refractivity contribution in [2.45, 2.75) is 25.4 Å². The van der Waals surface area contributed by atoms with E-state index in [1.807, 2.05) is 25.1 Å². The first-order valence-electron chi connectivity index (χ1n) is 7.00. The van der Waals surface area contributed by atoms with Gasteiger partial charge in [-0.2, -0.15) is 0 Å². The summed E-state index contributed by atoms with van der Waals surface area (Å²) in [7, 11) is -2.95. The monoisotopic (exact) mass is 342 g/mol. The van der Waals surface area contributed by atoms with Crippen LogP contribution in [-0.4, -0.2) is 37.4 Å². The van der Waals surface area contributed by atoms with Crippen LogP contribution in [0.15, 0.2) is 18.2 Å². The molecule has 2 heterocycles. The Morgan fingerprint density at radius 3 is 2.86 bits per heavy atom. The molecular formula is C14H18N2O4S2. The van der Waals surface area contributed by atoms with Crippen molar-refractivity contribution >= 4 is 27.2 Å². The summed E-state index contributed by atoms with van der Waals surface area (Å²) < 4.78 is 33.8. The Morgan fingerprint density at radius 2 is 2.14 bits per heavy atom. The molecule has 0 aromatic heterocycles. The maximum atomic E-state index is 11.6. The van der Waals surface area contributed by atoms with E-state index in [9.17, 15) is 8.42 Å². The van der Waals surface area contributed by atoms with E-state index in [-0.39, 0.29) is 18.3 Å². The van der Waals surface area contributed by atoms with E-state index in [2.05, 4.69) is 10.6 Å². The molecule has 22 heavy (non-hydrogen) atoms. The maximum Gasteiger partial charge on any atom is 0.231 e. The van der Waals surface area contributed by atoms with E-state index in [0.717, 1.165) is 17.1 Å². The molecule has 1 aromatic carbocycles. The number of rotatable bonds is 3. The first-order valence-corrected chi connectivity index (χ1v) is 9.23. The lowest BCUT2D eigenvalue weighted by atomic mass is 10.0. The molecule has 2 N–H and O–H groups in total. The first kappa shape index (κ1) is 15.4. The third-order valence-electron chi connectivity index (χ3n) is 3.81. The minimum absolute atomic E-state index is 0.117. The second-order valence-corrected chi connectivity index (χ2v) is 8.49. The van der Waals surface area contributed by atoms with E-state index < -0.39 is 15.4 Å². The Hall–Kier alpha value is -1.54. The van der Waals surface area contributed by atoms with Crippen LogP contribution < -0.4 is 20.1 Å². The fraction of sp³-hybridized carbons (Fsp3) is 0.500. The summed E-state index contributed by atoms with van der Waals surface area (Å²) >= 11 is 5.26. The van der Waals surface area contributed by atoms with Crippen LogP contribution in [0.2, 0.25) is 0 Å². The second-order valence-electron chi connectivity index (χ2n) is 5.90. The molecule has 0 aliphatic carbocycles. The largest absolute Gasteiger partial charge is 0.454 e. The molecule has 2 aliphatic rings. The van der Waals surface area contributed by atoms with E-state index in [1.165, 1.54) is 0 Å². The zero-order chi connectivity index (χ0) is 15.8. The molecule has 3 rings (SSSR count). The molecule has 1 fully saturated rings. The smallest absolute Gasteiger partial charge is 0.231 e. The number of thiocarbonyl (C=S) groups is 1. The van der Waals surface area contributed by atoms with Crippen LogP contribution in [0.3, 0.4) is 0 Å². The summed E-state index contributed by atoms with van der Waals surface area (Å²) in [5.41, 5.74) is 0.523. The van der Waals surface area contributed by atoms with Gasteiger partial charge in [0.05, 0.1) is 17.0 Å². The van der Waals surface area contributed by atoms with Crippen molar-refractivity contribution in [3.8, 4) is 11.5 Å². The Labute approximate surface area is 135 Å². The number of hydrogen-bond acceptors (Lipinski definition) is 5. The number of hydrogen-bond donors (Lipinski definition) is 2. The average Bonchev–Trinajstić information content (AvgIpc) is 3.00. The fourth-order valence-corrected chi connectivity index (χ4v) is 5.07. The van der Waals surface area contributed by atoms with Gasteiger partial charge in [0.1, 0.15) is 0 Å². The molecule has 1 saturated heterocycles. The van der Waals surface area contributed by atoms with Crippen LogP contribution >= 0.6 is 12.2 Å². The molecule has 1 atom stereocenters. The molecular weight excluding hydrogens is 324 g/mol. The van der Waals surface area contributed by atoms with Crippen LogP contribution in [-0.2, 0) is 16.4 Å². The summed E-state index contributed by atoms with van der Waals surface area (Å²) in [5.74, 6) is 1.80. The molecule has 0 amide bonds. The molecule has 0 bridgehead atoms. The van der Waals surface area contributed by atoms with Crippen molar-refractivity contribution in [2.24, 2.45) is 0 Å². The van der Waals surface area contributed by atoms with Gasteiger partial charge in [0, 0.05) is 6.54 Å². The molecule has 0 spiro atoms. The van der Waals surface area contributed by atoms with Crippen LogP contribution in [0.5, 0.6) is 11.5 Å². The van der Waals surface area contributed by atoms with Crippen molar-refractivity contribution in [1.82, 2.24) is 10.6 Å². The highest BCUT2D eigenvalue weighted by molar-refractivity contribution is 7.91. The number of ether oxygens (including phenoxy) is 2. The third-order valence-corrected chi connectivity index (χ3v) is 5.96. The third kappa shape index (κ3) is 3.44. The van der Waals surface area contributed by atoms with Crippen molar-refractivity contribution in [1.29, 1.82) is 0 Å². The van der Waals surface area contributed by atoms with Crippen molar-refractivity contribution in [3.63, 3.8) is 0 Å². The van der Waals surface area contributed by atoms with Gasteiger partial charge in [-0.05, 0) is 43.3 Å². The van der Waals surface area contributed by atoms with Gasteiger partial charge in [0.25, 0.3) is 0 Å². The molecule has 0 radical (unpaired) electrons. The minimum Gasteiger partial charge on any atom is -0.454 e. The molecule has 1 aromatic rings. The fourth-order valence-electron chi connectivity index (χ4n) is 2.66. The second kappa shape index (κ2) is 5.58. The molecule has 6 nitrogen and oxygen atoms in total. The van der Waals surface area contributed by atoms with Crippen molar-refractivity contribution < 1.29 is 17.9 Å². The van der Waals surface area contributed by atoms with Crippen molar-refractivity contribution in [2.75, 3.05) is 18.3 Å². The van der Waals surface area contributed by atoms with Crippen molar-refractivity contribution in [3.05, 3.63) is 23.8 Å². The summed E-state index contributed by atoms with van der Waals surface area (Å²) in [6.45, 7) is 2.66. The highest BCUT2D eigenvalue weighted by Gasteiger charge is 2.38. The standard InChI is InChI=1S/C14H18N2O4S2/c1-14(4-5-22(17,18)8-14)16-13(21)15-7-10-2-3-11-12(6-10)20-9-19-11/h2-3,6H,4-5,7-9H2,1H3,(H2,15,16,21)/t14-/m1/s1. The van der Waals surface area contributed by atoms with Crippen LogP contribution in [0, 0.1) is 0 Å². The number of benzene rings is 1. The average molecular weight is 342 g/mol. The Kier molecular flexibility index (Phi) is 3.90. The normalized spacial score (nSPS) is 25.0. The first-order chi connectivity index (χ1) is 10.4. The predicted octanol–water partition coefficient (Wildman–Crippen LogP) is 0.957. The molecule has 2 aliphatic heterocycles. The lowest BCUT2D eigenvalue weighted by Gasteiger charge is -2.26. The molecule has 120 valence electrons. The predicted molar refractivity (Wildman–Crippen MR) is 86.8 cm³/mol. The van der Waals surface area contributed by atoms with Gasteiger partial charge in [-0.1, -0.05) is 6.07 Å². The van der Waals surface area contributed by atoms with E-state index in [4.69, 9.17) is 21.7 Å². The maximum absolute atomic E-state index is 11.6. The quantitative estimate of drug-likeness (QED) is 0.792. The summed E-state index contributed by atoms with van der Waals surface area (Å²) in [4.78, 5) is 0. The van der Waals surface area contributed by atoms with Gasteiger partial charge in [-0.25, -0.2) is 8.42 Å². The Balaban J connectivity index is 1.54. The topological polar surface area (TPSA) is 76.7 Å². The van der Waals surface area contributed by atoms with Gasteiger partial charge in [0.15, 0.2) is 26.4 Å². The van der Waals surface area contributed by atoms with Gasteiger partial charge < -0.3 is 20.1 Å². The summed E-state index contributed by atoms with van der Waals surface area (Å²) in [6.07, 6.45) is 0.571. The van der Waals surface area contributed by atoms with Gasteiger partial charge in [-0.15, -0.1) is 0 Å². The van der Waals surface area contributed by atoms with Crippen LogP contribution in [0.4, 0.5) is 0 Å². The van der Waals surface area contributed by atoms with Gasteiger partial charge >= 0.3 is 0 Å². The van der Waals surface area contributed by atoms with E-state index in [0.29, 0.717) is 18.1 Å². The van der Waals surface area contributed by atoms with Gasteiger partial charge in [0.2, 0.25) is 6.79 Å². The van der Waals surface area contributed by atoms with Gasteiger partial charge in [-0.3, -0.25) is 0 Å². The molecule has 8 heteroatoms. The summed E-state index contributed by atoms with van der Waals surface area (Å²) in [5, 5.41) is 6.67. The van der Waals surface area contributed by atoms with E-state index in [1.54, 1.807) is 0 Å².